The molecule has 1 nitrogen and oxygen atoms in total. The zero-order valence-electron chi connectivity index (χ0n) is 15.2. The van der Waals surface area contributed by atoms with Crippen molar-refractivity contribution in [2.24, 2.45) is 0 Å². The maximum absolute atomic E-state index is 6.03. The van der Waals surface area contributed by atoms with Gasteiger partial charge in [0, 0.05) is 15.4 Å². The lowest BCUT2D eigenvalue weighted by molar-refractivity contribution is 0.308. The first-order chi connectivity index (χ1) is 12.2. The fourth-order valence-electron chi connectivity index (χ4n) is 2.61. The molecule has 0 aliphatic heterocycles. The van der Waals surface area contributed by atoms with Crippen molar-refractivity contribution in [3.05, 3.63) is 65.2 Å². The predicted octanol–water partition coefficient (Wildman–Crippen LogP) is 6.89. The van der Waals surface area contributed by atoms with Gasteiger partial charge in [-0.15, -0.1) is 25.3 Å². The minimum absolute atomic E-state index is 0.728. The van der Waals surface area contributed by atoms with Crippen LogP contribution in [0.1, 0.15) is 56.2 Å². The third kappa shape index (κ3) is 5.86. The highest BCUT2D eigenvalue weighted by Gasteiger charge is 2.12. The van der Waals surface area contributed by atoms with Crippen LogP contribution in [0.25, 0.3) is 9.81 Å². The Bertz CT molecular complexity index is 692. The van der Waals surface area contributed by atoms with Crippen LogP contribution in [0.15, 0.2) is 48.5 Å². The summed E-state index contributed by atoms with van der Waals surface area (Å²) in [6.45, 7) is 5.11. The minimum Gasteiger partial charge on any atom is -0.493 e. The molecule has 0 atom stereocenters. The van der Waals surface area contributed by atoms with Crippen LogP contribution < -0.4 is 4.74 Å². The van der Waals surface area contributed by atoms with E-state index in [2.05, 4.69) is 44.2 Å². The number of ether oxygens (including phenoxy) is 1. The molecule has 3 heteroatoms. The van der Waals surface area contributed by atoms with Crippen LogP contribution in [0.5, 0.6) is 5.75 Å². The smallest absolute Gasteiger partial charge is 0.127 e. The molecule has 0 radical (unpaired) electrons. The maximum atomic E-state index is 6.03. The van der Waals surface area contributed by atoms with Gasteiger partial charge in [0.2, 0.25) is 0 Å². The van der Waals surface area contributed by atoms with Crippen LogP contribution in [-0.4, -0.2) is 6.61 Å². The molecule has 2 aromatic rings. The third-order valence-electron chi connectivity index (χ3n) is 4.15. The van der Waals surface area contributed by atoms with E-state index in [9.17, 15) is 0 Å². The maximum Gasteiger partial charge on any atom is 0.127 e. The zero-order chi connectivity index (χ0) is 18.1. The third-order valence-corrected chi connectivity index (χ3v) is 5.27. The molecular weight excluding hydrogens is 344 g/mol. The van der Waals surface area contributed by atoms with Gasteiger partial charge < -0.3 is 4.74 Å². The molecular formula is C22H28OS2. The minimum atomic E-state index is 0.728. The van der Waals surface area contributed by atoms with Gasteiger partial charge in [-0.25, -0.2) is 0 Å². The molecule has 0 aliphatic carbocycles. The van der Waals surface area contributed by atoms with Crippen LogP contribution in [0, 0.1) is 0 Å². The molecule has 0 aliphatic rings. The lowest BCUT2D eigenvalue weighted by Crippen LogP contribution is -2.00. The Hall–Kier alpha value is -1.32. The van der Waals surface area contributed by atoms with Crippen molar-refractivity contribution in [2.45, 2.75) is 46.0 Å². The van der Waals surface area contributed by atoms with Gasteiger partial charge in [0.1, 0.15) is 5.75 Å². The molecule has 0 amide bonds. The summed E-state index contributed by atoms with van der Waals surface area (Å²) in [4.78, 5) is 1.73. The second-order valence-corrected chi connectivity index (χ2v) is 7.09. The fourth-order valence-corrected chi connectivity index (χ4v) is 3.18. The Kier molecular flexibility index (Phi) is 8.50. The number of hydrogen-bond donors (Lipinski definition) is 2. The standard InChI is InChI=1S/C22H28OS2/c1-3-5-10-17-13-14-20(23-15-6-4-2)19(16-17)22(25)21(24)18-11-8-7-9-12-18/h7-9,11-14,16,24-25H,3-6,10,15H2,1-2H3. The van der Waals surface area contributed by atoms with Crippen molar-refractivity contribution in [2.75, 3.05) is 6.61 Å². The van der Waals surface area contributed by atoms with Crippen molar-refractivity contribution in [1.29, 1.82) is 0 Å². The van der Waals surface area contributed by atoms with Gasteiger partial charge in [0.15, 0.2) is 0 Å². The average Bonchev–Trinajstić information content (AvgIpc) is 2.66. The van der Waals surface area contributed by atoms with E-state index in [-0.39, 0.29) is 0 Å². The molecule has 0 unspecified atom stereocenters. The molecule has 0 fully saturated rings. The van der Waals surface area contributed by atoms with E-state index >= 15 is 0 Å². The molecule has 0 saturated heterocycles. The quantitative estimate of drug-likeness (QED) is 0.277. The Morgan fingerprint density at radius 2 is 1.60 bits per heavy atom. The van der Waals surface area contributed by atoms with Gasteiger partial charge in [0.05, 0.1) is 6.61 Å². The second-order valence-electron chi connectivity index (χ2n) is 6.20. The monoisotopic (exact) mass is 372 g/mol. The predicted molar refractivity (Wildman–Crippen MR) is 117 cm³/mol. The summed E-state index contributed by atoms with van der Waals surface area (Å²) in [7, 11) is 0. The van der Waals surface area contributed by atoms with Gasteiger partial charge in [-0.2, -0.15) is 0 Å². The first-order valence-corrected chi connectivity index (χ1v) is 10.0. The lowest BCUT2D eigenvalue weighted by Gasteiger charge is -2.15. The van der Waals surface area contributed by atoms with E-state index < -0.39 is 0 Å². The number of rotatable bonds is 9. The van der Waals surface area contributed by atoms with Gasteiger partial charge in [-0.1, -0.05) is 63.1 Å². The fraction of sp³-hybridized carbons (Fsp3) is 0.364. The van der Waals surface area contributed by atoms with E-state index in [0.717, 1.165) is 52.6 Å². The summed E-state index contributed by atoms with van der Waals surface area (Å²) >= 11 is 9.54. The van der Waals surface area contributed by atoms with Crippen LogP contribution >= 0.6 is 25.3 Å². The van der Waals surface area contributed by atoms with E-state index in [0.29, 0.717) is 0 Å². The molecule has 2 rings (SSSR count). The largest absolute Gasteiger partial charge is 0.493 e. The van der Waals surface area contributed by atoms with Crippen LogP contribution in [-0.2, 0) is 6.42 Å². The van der Waals surface area contributed by atoms with Gasteiger partial charge in [-0.05, 0) is 42.5 Å². The topological polar surface area (TPSA) is 9.23 Å². The Morgan fingerprint density at radius 1 is 0.880 bits per heavy atom. The van der Waals surface area contributed by atoms with Crippen molar-refractivity contribution in [3.63, 3.8) is 0 Å². The van der Waals surface area contributed by atoms with Gasteiger partial charge in [0.25, 0.3) is 0 Å². The Balaban J connectivity index is 2.39. The van der Waals surface area contributed by atoms with E-state index in [4.69, 9.17) is 30.0 Å². The zero-order valence-corrected chi connectivity index (χ0v) is 17.0. The summed E-state index contributed by atoms with van der Waals surface area (Å²) in [5.74, 6) is 0.890. The molecule has 0 heterocycles. The van der Waals surface area contributed by atoms with Crippen LogP contribution in [0.4, 0.5) is 0 Å². The number of benzene rings is 2. The highest BCUT2D eigenvalue weighted by atomic mass is 32.1. The van der Waals surface area contributed by atoms with Gasteiger partial charge in [-0.3, -0.25) is 0 Å². The Morgan fingerprint density at radius 3 is 2.28 bits per heavy atom. The summed E-state index contributed by atoms with van der Waals surface area (Å²) in [6, 6.07) is 16.6. The molecule has 0 bridgehead atoms. The number of unbranched alkanes of at least 4 members (excludes halogenated alkanes) is 2. The molecule has 134 valence electrons. The van der Waals surface area contributed by atoms with E-state index in [1.807, 2.05) is 18.2 Å². The summed E-state index contributed by atoms with van der Waals surface area (Å²) in [6.07, 6.45) is 5.63. The second kappa shape index (κ2) is 10.6. The highest BCUT2D eigenvalue weighted by Crippen LogP contribution is 2.37. The SMILES string of the molecule is CCCCOc1ccc(CCCC)cc1C(S)=C(S)c1ccccc1. The summed E-state index contributed by atoms with van der Waals surface area (Å²) in [5, 5.41) is 0. The van der Waals surface area contributed by atoms with E-state index in [1.165, 1.54) is 18.4 Å². The van der Waals surface area contributed by atoms with Crippen molar-refractivity contribution in [3.8, 4) is 5.75 Å². The van der Waals surface area contributed by atoms with Crippen LogP contribution in [0.3, 0.4) is 0 Å². The van der Waals surface area contributed by atoms with E-state index in [1.54, 1.807) is 0 Å². The van der Waals surface area contributed by atoms with Crippen molar-refractivity contribution >= 4 is 35.1 Å². The summed E-state index contributed by atoms with van der Waals surface area (Å²) < 4.78 is 6.03. The molecule has 0 saturated carbocycles. The first kappa shape index (κ1) is 20.0. The molecule has 0 N–H and O–H groups in total. The summed E-state index contributed by atoms with van der Waals surface area (Å²) in [5.41, 5.74) is 3.41. The first-order valence-electron chi connectivity index (χ1n) is 9.11. The molecule has 2 aromatic carbocycles. The van der Waals surface area contributed by atoms with Crippen molar-refractivity contribution < 1.29 is 4.74 Å². The number of aryl methyl sites for hydroxylation is 1. The Labute approximate surface area is 163 Å². The lowest BCUT2D eigenvalue weighted by atomic mass is 10.0. The van der Waals surface area contributed by atoms with Crippen LogP contribution in [0.2, 0.25) is 0 Å². The number of thiol groups is 2. The van der Waals surface area contributed by atoms with Gasteiger partial charge >= 0.3 is 0 Å². The normalized spacial score (nSPS) is 12.0. The molecule has 25 heavy (non-hydrogen) atoms. The molecule has 0 aromatic heterocycles. The molecule has 0 spiro atoms. The van der Waals surface area contributed by atoms with Crippen molar-refractivity contribution in [1.82, 2.24) is 0 Å². The number of hydrogen-bond acceptors (Lipinski definition) is 3. The highest BCUT2D eigenvalue weighted by molar-refractivity contribution is 7.96. The average molecular weight is 373 g/mol.